The Balaban J connectivity index is 2.36. The molecule has 0 saturated carbocycles. The van der Waals surface area contributed by atoms with E-state index >= 15 is 0 Å². The summed E-state index contributed by atoms with van der Waals surface area (Å²) in [4.78, 5) is 25.6. The number of esters is 1. The molecule has 1 aliphatic heterocycles. The van der Waals surface area contributed by atoms with Gasteiger partial charge in [0.25, 0.3) is 0 Å². The minimum absolute atomic E-state index is 0.0769. The average molecular weight is 557 g/mol. The molecule has 0 saturated heterocycles. The summed E-state index contributed by atoms with van der Waals surface area (Å²) in [5.74, 6) is -4.68. The van der Waals surface area contributed by atoms with Crippen molar-refractivity contribution in [2.24, 2.45) is 0 Å². The van der Waals surface area contributed by atoms with Crippen molar-refractivity contribution in [1.29, 1.82) is 0 Å². The van der Waals surface area contributed by atoms with Gasteiger partial charge in [-0.05, 0) is 60.4 Å². The number of carbonyl (C=O) groups is 2. The Labute approximate surface area is 209 Å². The zero-order valence-corrected chi connectivity index (χ0v) is 19.6. The van der Waals surface area contributed by atoms with Crippen LogP contribution in [0.4, 0.5) is 50.0 Å². The fourth-order valence-corrected chi connectivity index (χ4v) is 4.71. The van der Waals surface area contributed by atoms with E-state index < -0.39 is 70.7 Å². The van der Waals surface area contributed by atoms with Gasteiger partial charge < -0.3 is 9.84 Å². The van der Waals surface area contributed by atoms with Gasteiger partial charge in [-0.3, -0.25) is 9.69 Å². The van der Waals surface area contributed by atoms with Crippen LogP contribution in [0.1, 0.15) is 59.4 Å². The summed E-state index contributed by atoms with van der Waals surface area (Å²) < 4.78 is 126. The van der Waals surface area contributed by atoms with Crippen molar-refractivity contribution >= 4 is 17.7 Å². The largest absolute Gasteiger partial charge is 0.469 e. The number of methoxy groups -OCH3 is 1. The summed E-state index contributed by atoms with van der Waals surface area (Å²) in [5.41, 5.74) is -6.14. The monoisotopic (exact) mass is 557 g/mol. The van der Waals surface area contributed by atoms with Gasteiger partial charge in [-0.1, -0.05) is 6.92 Å². The minimum atomic E-state index is -5.25. The van der Waals surface area contributed by atoms with Gasteiger partial charge in [-0.25, -0.2) is 4.79 Å². The van der Waals surface area contributed by atoms with Gasteiger partial charge in [-0.2, -0.15) is 39.5 Å². The van der Waals surface area contributed by atoms with Crippen LogP contribution in [0.5, 0.6) is 0 Å². The third-order valence-corrected chi connectivity index (χ3v) is 6.41. The molecule has 0 aromatic heterocycles. The summed E-state index contributed by atoms with van der Waals surface area (Å²) in [6, 6.07) is 1.53. The Bertz CT molecular complexity index is 1190. The van der Waals surface area contributed by atoms with Crippen molar-refractivity contribution in [3.05, 3.63) is 64.2 Å². The molecule has 0 spiro atoms. The van der Waals surface area contributed by atoms with Crippen LogP contribution in [0.25, 0.3) is 0 Å². The van der Waals surface area contributed by atoms with Crippen molar-refractivity contribution in [2.45, 2.75) is 56.2 Å². The Kier molecular flexibility index (Phi) is 7.68. The quantitative estimate of drug-likeness (QED) is 0.313. The lowest BCUT2D eigenvalue weighted by molar-refractivity contribution is -0.146. The first-order valence-corrected chi connectivity index (χ1v) is 11.0. The van der Waals surface area contributed by atoms with Crippen LogP contribution in [0.15, 0.2) is 36.4 Å². The number of fused-ring (bicyclic) bond motifs is 1. The number of carboxylic acid groups (broad SMARTS) is 1. The fourth-order valence-electron chi connectivity index (χ4n) is 4.71. The second-order valence-corrected chi connectivity index (χ2v) is 8.67. The number of rotatable bonds is 4. The Morgan fingerprint density at radius 1 is 0.921 bits per heavy atom. The molecule has 5 nitrogen and oxygen atoms in total. The third kappa shape index (κ3) is 5.68. The normalized spacial score (nSPS) is 19.1. The van der Waals surface area contributed by atoms with Crippen LogP contribution >= 0.6 is 0 Å². The highest BCUT2D eigenvalue weighted by Gasteiger charge is 2.45. The second kappa shape index (κ2) is 10.0. The topological polar surface area (TPSA) is 66.8 Å². The van der Waals surface area contributed by atoms with Gasteiger partial charge in [0.15, 0.2) is 0 Å². The zero-order valence-electron chi connectivity index (χ0n) is 19.6. The molecule has 3 atom stereocenters. The minimum Gasteiger partial charge on any atom is -0.469 e. The highest BCUT2D eigenvalue weighted by molar-refractivity contribution is 5.90. The van der Waals surface area contributed by atoms with Crippen molar-refractivity contribution in [3.63, 3.8) is 0 Å². The van der Waals surface area contributed by atoms with E-state index in [0.29, 0.717) is 24.3 Å². The van der Waals surface area contributed by atoms with Crippen molar-refractivity contribution in [1.82, 2.24) is 0 Å². The first-order chi connectivity index (χ1) is 17.4. The molecule has 0 unspecified atom stereocenters. The highest BCUT2D eigenvalue weighted by Crippen LogP contribution is 2.50. The van der Waals surface area contributed by atoms with E-state index in [1.54, 1.807) is 0 Å². The van der Waals surface area contributed by atoms with Crippen LogP contribution in [0.3, 0.4) is 0 Å². The van der Waals surface area contributed by atoms with E-state index in [0.717, 1.165) is 18.1 Å². The van der Waals surface area contributed by atoms with Crippen molar-refractivity contribution in [3.8, 4) is 0 Å². The van der Waals surface area contributed by atoms with Crippen LogP contribution in [0, 0.1) is 0 Å². The first-order valence-electron chi connectivity index (χ1n) is 11.0. The maximum absolute atomic E-state index is 13.5. The van der Waals surface area contributed by atoms with Gasteiger partial charge in [0.05, 0.1) is 35.4 Å². The number of ether oxygens (including phenoxy) is 1. The fraction of sp³-hybridized carbons (Fsp3) is 0.417. The number of alkyl halides is 9. The molecular formula is C24H20F9NO4. The number of benzene rings is 2. The molecule has 1 N–H and O–H groups in total. The molecule has 14 heteroatoms. The molecule has 3 rings (SSSR count). The van der Waals surface area contributed by atoms with Gasteiger partial charge >= 0.3 is 30.6 Å². The van der Waals surface area contributed by atoms with E-state index in [2.05, 4.69) is 4.74 Å². The van der Waals surface area contributed by atoms with Gasteiger partial charge in [0.2, 0.25) is 0 Å². The van der Waals surface area contributed by atoms with Crippen LogP contribution in [0.2, 0.25) is 0 Å². The van der Waals surface area contributed by atoms with Crippen LogP contribution in [-0.2, 0) is 28.1 Å². The smallest absolute Gasteiger partial charge is 0.416 e. The van der Waals surface area contributed by atoms with Crippen molar-refractivity contribution < 1.29 is 58.9 Å². The lowest BCUT2D eigenvalue weighted by Crippen LogP contribution is -2.45. The molecule has 1 heterocycles. The molecule has 0 aliphatic carbocycles. The van der Waals surface area contributed by atoms with E-state index in [1.165, 1.54) is 6.92 Å². The number of hydrogen-bond acceptors (Lipinski definition) is 3. The summed E-state index contributed by atoms with van der Waals surface area (Å²) in [5, 5.41) is 9.73. The Hall–Kier alpha value is -3.45. The Morgan fingerprint density at radius 2 is 1.45 bits per heavy atom. The standard InChI is InChI=1S/C24H20F9NO4/c1-3-15-10-17(16-9-12(22(25,26)27)4-5-18(16)34(15)21(36)37)19(20(35)38-2)11-6-13(23(28,29)30)8-14(7-11)24(31,32)33/h4-9,15,17,19H,3,10H2,1-2H3,(H,36,37)/t15-,17-,19-/m1/s1. The number of amides is 1. The number of anilines is 1. The molecule has 1 amide bonds. The molecule has 1 aliphatic rings. The SMILES string of the molecule is CC[C@@H]1C[C@@H]([C@H](C(=O)OC)c2cc(C(F)(F)F)cc(C(F)(F)F)c2)c2cc(C(F)(F)F)ccc2N1C(=O)O. The molecule has 0 fully saturated rings. The molecule has 0 bridgehead atoms. The van der Waals surface area contributed by atoms with Gasteiger partial charge in [0.1, 0.15) is 0 Å². The summed E-state index contributed by atoms with van der Waals surface area (Å²) >= 11 is 0. The molecular weight excluding hydrogens is 537 g/mol. The highest BCUT2D eigenvalue weighted by atomic mass is 19.4. The van der Waals surface area contributed by atoms with Crippen LogP contribution < -0.4 is 4.90 Å². The molecule has 208 valence electrons. The lowest BCUT2D eigenvalue weighted by atomic mass is 9.73. The first kappa shape index (κ1) is 29.1. The molecule has 2 aromatic rings. The number of halogens is 9. The third-order valence-electron chi connectivity index (χ3n) is 6.41. The lowest BCUT2D eigenvalue weighted by Gasteiger charge is -2.41. The van der Waals surface area contributed by atoms with E-state index in [-0.39, 0.29) is 30.2 Å². The van der Waals surface area contributed by atoms with E-state index in [1.807, 2.05) is 0 Å². The summed E-state index contributed by atoms with van der Waals surface area (Å²) in [6.07, 6.45) is -17.3. The van der Waals surface area contributed by atoms with Crippen LogP contribution in [-0.4, -0.2) is 30.3 Å². The maximum Gasteiger partial charge on any atom is 0.416 e. The predicted molar refractivity (Wildman–Crippen MR) is 115 cm³/mol. The van der Waals surface area contributed by atoms with Gasteiger partial charge in [-0.15, -0.1) is 0 Å². The van der Waals surface area contributed by atoms with E-state index in [9.17, 15) is 54.2 Å². The van der Waals surface area contributed by atoms with Gasteiger partial charge in [0, 0.05) is 12.0 Å². The number of hydrogen-bond donors (Lipinski definition) is 1. The maximum atomic E-state index is 13.5. The van der Waals surface area contributed by atoms with Crippen molar-refractivity contribution in [2.75, 3.05) is 12.0 Å². The molecule has 0 radical (unpaired) electrons. The second-order valence-electron chi connectivity index (χ2n) is 8.67. The zero-order chi connectivity index (χ0) is 28.8. The summed E-state index contributed by atoms with van der Waals surface area (Å²) in [6.45, 7) is 1.53. The number of carbonyl (C=O) groups excluding carboxylic acids is 1. The summed E-state index contributed by atoms with van der Waals surface area (Å²) in [7, 11) is 0.824. The van der Waals surface area contributed by atoms with E-state index in [4.69, 9.17) is 0 Å². The average Bonchev–Trinajstić information content (AvgIpc) is 2.81. The predicted octanol–water partition coefficient (Wildman–Crippen LogP) is 7.45. The molecule has 2 aromatic carbocycles. The number of nitrogens with zero attached hydrogens (tertiary/aromatic N) is 1. The Morgan fingerprint density at radius 3 is 1.87 bits per heavy atom. The molecule has 38 heavy (non-hydrogen) atoms.